The van der Waals surface area contributed by atoms with Crippen molar-refractivity contribution in [2.75, 3.05) is 12.4 Å². The quantitative estimate of drug-likeness (QED) is 0.846. The largest absolute Gasteiger partial charge is 0.465 e. The van der Waals surface area contributed by atoms with Crippen LogP contribution < -0.4 is 5.32 Å². The van der Waals surface area contributed by atoms with Crippen LogP contribution in [-0.4, -0.2) is 23.0 Å². The number of pyridine rings is 1. The molecule has 0 aliphatic carbocycles. The molecule has 0 spiro atoms. The van der Waals surface area contributed by atoms with E-state index in [4.69, 9.17) is 0 Å². The van der Waals surface area contributed by atoms with E-state index in [2.05, 4.69) is 20.0 Å². The third-order valence-electron chi connectivity index (χ3n) is 2.04. The van der Waals surface area contributed by atoms with Gasteiger partial charge in [-0.25, -0.2) is 14.8 Å². The van der Waals surface area contributed by atoms with Gasteiger partial charge in [-0.1, -0.05) is 0 Å². The Labute approximate surface area is 102 Å². The molecule has 88 valence electrons. The lowest BCUT2D eigenvalue weighted by atomic mass is 10.2. The average Bonchev–Trinajstić information content (AvgIpc) is 2.74. The zero-order chi connectivity index (χ0) is 12.3. The van der Waals surface area contributed by atoms with Crippen molar-refractivity contribution in [1.29, 1.82) is 0 Å². The van der Waals surface area contributed by atoms with E-state index in [1.165, 1.54) is 18.4 Å². The first kappa shape index (κ1) is 11.5. The van der Waals surface area contributed by atoms with E-state index in [1.54, 1.807) is 24.5 Å². The Kier molecular flexibility index (Phi) is 3.34. The number of hydrogen-bond donors (Lipinski definition) is 1. The number of carbonyl (C=O) groups excluding carboxylic acids is 1. The summed E-state index contributed by atoms with van der Waals surface area (Å²) < 4.78 is 4.64. The fourth-order valence-electron chi connectivity index (χ4n) is 1.27. The maximum atomic E-state index is 11.3. The van der Waals surface area contributed by atoms with Crippen LogP contribution in [0.5, 0.6) is 0 Å². The number of hydrogen-bond acceptors (Lipinski definition) is 6. The molecule has 0 atom stereocenters. The molecule has 0 saturated heterocycles. The number of aryl methyl sites for hydroxylation is 1. The molecule has 2 aromatic heterocycles. The predicted octanol–water partition coefficient (Wildman–Crippen LogP) is 2.38. The smallest absolute Gasteiger partial charge is 0.338 e. The molecule has 0 aromatic carbocycles. The van der Waals surface area contributed by atoms with Crippen molar-refractivity contribution in [1.82, 2.24) is 9.97 Å². The summed E-state index contributed by atoms with van der Waals surface area (Å²) in [5, 5.41) is 3.78. The lowest BCUT2D eigenvalue weighted by Crippen LogP contribution is -2.02. The lowest BCUT2D eigenvalue weighted by Gasteiger charge is -2.03. The summed E-state index contributed by atoms with van der Waals surface area (Å²) in [6.45, 7) is 1.97. The summed E-state index contributed by atoms with van der Waals surface area (Å²) in [5.41, 5.74) is 0.457. The number of carbonyl (C=O) groups is 1. The van der Waals surface area contributed by atoms with E-state index in [0.717, 1.165) is 10.0 Å². The van der Waals surface area contributed by atoms with Crippen LogP contribution in [0, 0.1) is 6.92 Å². The minimum Gasteiger partial charge on any atom is -0.465 e. The molecule has 2 heterocycles. The van der Waals surface area contributed by atoms with E-state index in [0.29, 0.717) is 11.4 Å². The summed E-state index contributed by atoms with van der Waals surface area (Å²) in [5.74, 6) is 0.188. The molecule has 0 amide bonds. The number of nitrogens with zero attached hydrogens (tertiary/aromatic N) is 2. The Morgan fingerprint density at radius 1 is 1.47 bits per heavy atom. The predicted molar refractivity (Wildman–Crippen MR) is 65.7 cm³/mol. The Bertz CT molecular complexity index is 539. The maximum Gasteiger partial charge on any atom is 0.338 e. The molecule has 5 nitrogen and oxygen atoms in total. The van der Waals surface area contributed by atoms with Gasteiger partial charge in [0.15, 0.2) is 5.13 Å². The fraction of sp³-hybridized carbons (Fsp3) is 0.182. The molecule has 0 aliphatic rings. The number of aromatic nitrogens is 2. The monoisotopic (exact) mass is 249 g/mol. The van der Waals surface area contributed by atoms with Crippen LogP contribution in [0.25, 0.3) is 0 Å². The van der Waals surface area contributed by atoms with Crippen LogP contribution in [-0.2, 0) is 4.74 Å². The number of rotatable bonds is 3. The first-order valence-corrected chi connectivity index (χ1v) is 5.74. The normalized spacial score (nSPS) is 10.0. The molecular formula is C11H11N3O2S. The molecule has 0 aliphatic heterocycles. The molecule has 17 heavy (non-hydrogen) atoms. The number of nitrogens with one attached hydrogen (secondary N) is 1. The second-order valence-corrected chi connectivity index (χ2v) is 4.56. The third-order valence-corrected chi connectivity index (χ3v) is 2.87. The fourth-order valence-corrected chi connectivity index (χ4v) is 1.94. The number of thiazole rings is 1. The van der Waals surface area contributed by atoms with Gasteiger partial charge in [0, 0.05) is 17.3 Å². The van der Waals surface area contributed by atoms with Crippen LogP contribution >= 0.6 is 11.3 Å². The van der Waals surface area contributed by atoms with E-state index >= 15 is 0 Å². The molecule has 6 heteroatoms. The number of methoxy groups -OCH3 is 1. The highest BCUT2D eigenvalue weighted by atomic mass is 32.1. The Hall–Kier alpha value is -1.95. The molecule has 0 saturated carbocycles. The minimum atomic E-state index is -0.384. The first-order chi connectivity index (χ1) is 8.19. The lowest BCUT2D eigenvalue weighted by molar-refractivity contribution is 0.0600. The zero-order valence-corrected chi connectivity index (χ0v) is 10.2. The van der Waals surface area contributed by atoms with Crippen LogP contribution in [0.4, 0.5) is 10.9 Å². The van der Waals surface area contributed by atoms with Gasteiger partial charge < -0.3 is 10.1 Å². The van der Waals surface area contributed by atoms with Crippen molar-refractivity contribution in [2.24, 2.45) is 0 Å². The van der Waals surface area contributed by atoms with Crippen LogP contribution in [0.3, 0.4) is 0 Å². The van der Waals surface area contributed by atoms with Gasteiger partial charge in [0.1, 0.15) is 5.82 Å². The van der Waals surface area contributed by atoms with Crippen LogP contribution in [0.2, 0.25) is 0 Å². The Balaban J connectivity index is 2.19. The summed E-state index contributed by atoms with van der Waals surface area (Å²) in [7, 11) is 1.35. The number of ether oxygens (including phenoxy) is 1. The standard InChI is InChI=1S/C11H11N3O2S/c1-7-6-13-11(17-7)14-9-5-8(3-4-12-9)10(15)16-2/h3-6H,1-2H3,(H,12,13,14). The van der Waals surface area contributed by atoms with E-state index in [-0.39, 0.29) is 5.97 Å². The minimum absolute atomic E-state index is 0.384. The first-order valence-electron chi connectivity index (χ1n) is 4.93. The van der Waals surface area contributed by atoms with Gasteiger partial charge in [-0.15, -0.1) is 11.3 Å². The summed E-state index contributed by atoms with van der Waals surface area (Å²) in [6.07, 6.45) is 3.33. The van der Waals surface area contributed by atoms with E-state index < -0.39 is 0 Å². The molecule has 0 bridgehead atoms. The van der Waals surface area contributed by atoms with Gasteiger partial charge in [-0.3, -0.25) is 0 Å². The molecular weight excluding hydrogens is 238 g/mol. The van der Waals surface area contributed by atoms with Gasteiger partial charge in [0.2, 0.25) is 0 Å². The van der Waals surface area contributed by atoms with Gasteiger partial charge >= 0.3 is 5.97 Å². The second-order valence-electron chi connectivity index (χ2n) is 3.32. The maximum absolute atomic E-state index is 11.3. The summed E-state index contributed by atoms with van der Waals surface area (Å²) >= 11 is 1.52. The van der Waals surface area contributed by atoms with Gasteiger partial charge in [0.05, 0.1) is 12.7 Å². The van der Waals surface area contributed by atoms with Gasteiger partial charge in [-0.05, 0) is 19.1 Å². The highest BCUT2D eigenvalue weighted by molar-refractivity contribution is 7.15. The van der Waals surface area contributed by atoms with Crippen molar-refractivity contribution >= 4 is 28.3 Å². The molecule has 1 N–H and O–H groups in total. The van der Waals surface area contributed by atoms with E-state index in [9.17, 15) is 4.79 Å². The Morgan fingerprint density at radius 3 is 2.94 bits per heavy atom. The van der Waals surface area contributed by atoms with Gasteiger partial charge in [0.25, 0.3) is 0 Å². The molecule has 0 radical (unpaired) electrons. The van der Waals surface area contributed by atoms with Crippen molar-refractivity contribution < 1.29 is 9.53 Å². The van der Waals surface area contributed by atoms with Crippen molar-refractivity contribution in [3.05, 3.63) is 35.0 Å². The highest BCUT2D eigenvalue weighted by Crippen LogP contribution is 2.20. The van der Waals surface area contributed by atoms with Crippen molar-refractivity contribution in [3.63, 3.8) is 0 Å². The molecule has 2 aromatic rings. The van der Waals surface area contributed by atoms with E-state index in [1.807, 2.05) is 6.92 Å². The SMILES string of the molecule is COC(=O)c1ccnc(Nc2ncc(C)s2)c1. The topological polar surface area (TPSA) is 64.1 Å². The summed E-state index contributed by atoms with van der Waals surface area (Å²) in [6, 6.07) is 3.23. The average molecular weight is 249 g/mol. The third kappa shape index (κ3) is 2.79. The zero-order valence-electron chi connectivity index (χ0n) is 9.43. The summed E-state index contributed by atoms with van der Waals surface area (Å²) in [4.78, 5) is 20.7. The van der Waals surface area contributed by atoms with Crippen molar-refractivity contribution in [2.45, 2.75) is 6.92 Å². The van der Waals surface area contributed by atoms with Gasteiger partial charge in [-0.2, -0.15) is 0 Å². The number of esters is 1. The van der Waals surface area contributed by atoms with Crippen molar-refractivity contribution in [3.8, 4) is 0 Å². The number of anilines is 2. The molecule has 2 rings (SSSR count). The second kappa shape index (κ2) is 4.92. The van der Waals surface area contributed by atoms with Crippen LogP contribution in [0.15, 0.2) is 24.5 Å². The van der Waals surface area contributed by atoms with Crippen LogP contribution in [0.1, 0.15) is 15.2 Å². The molecule has 0 fully saturated rings. The Morgan fingerprint density at radius 2 is 2.29 bits per heavy atom. The highest BCUT2D eigenvalue weighted by Gasteiger charge is 2.07. The molecule has 0 unspecified atom stereocenters.